The first kappa shape index (κ1) is 16.7. The molecule has 1 aliphatic rings. The molecule has 2 atom stereocenters. The smallest absolute Gasteiger partial charge is 0.326 e. The largest absolute Gasteiger partial charge is 0.480 e. The molecule has 9 nitrogen and oxygen atoms in total. The number of amides is 3. The van der Waals surface area contributed by atoms with E-state index in [0.717, 1.165) is 0 Å². The van der Waals surface area contributed by atoms with Crippen molar-refractivity contribution in [1.82, 2.24) is 10.2 Å². The van der Waals surface area contributed by atoms with Gasteiger partial charge in [-0.25, -0.2) is 9.59 Å². The number of aliphatic carboxylic acids is 1. The Kier molecular flexibility index (Phi) is 5.94. The predicted octanol–water partition coefficient (Wildman–Crippen LogP) is -0.948. The Hall–Kier alpha value is -2.32. The molecule has 1 aliphatic heterocycles. The molecular formula is C12H19N3O6. The Bertz CT molecular complexity index is 439. The maximum atomic E-state index is 12.0. The number of urea groups is 1. The average Bonchev–Trinajstić information content (AvgIpc) is 2.91. The third-order valence-electron chi connectivity index (χ3n) is 3.30. The van der Waals surface area contributed by atoms with E-state index in [9.17, 15) is 19.2 Å². The van der Waals surface area contributed by atoms with Crippen molar-refractivity contribution in [3.63, 3.8) is 0 Å². The van der Waals surface area contributed by atoms with Gasteiger partial charge in [0, 0.05) is 13.0 Å². The van der Waals surface area contributed by atoms with Gasteiger partial charge in [-0.3, -0.25) is 9.59 Å². The van der Waals surface area contributed by atoms with Crippen molar-refractivity contribution in [2.75, 3.05) is 13.7 Å². The van der Waals surface area contributed by atoms with E-state index in [1.807, 2.05) is 0 Å². The zero-order valence-corrected chi connectivity index (χ0v) is 11.7. The zero-order chi connectivity index (χ0) is 16.0. The molecule has 1 rings (SSSR count). The van der Waals surface area contributed by atoms with Gasteiger partial charge in [0.2, 0.25) is 5.91 Å². The Morgan fingerprint density at radius 3 is 2.62 bits per heavy atom. The highest BCUT2D eigenvalue weighted by Crippen LogP contribution is 2.17. The lowest BCUT2D eigenvalue weighted by molar-refractivity contribution is -0.142. The fraction of sp³-hybridized carbons (Fsp3) is 0.667. The SMILES string of the molecule is COC(=O)CC[C@@H](NC(=O)N1CCCC1C(N)=O)C(=O)O. The molecule has 118 valence electrons. The molecule has 0 aromatic carbocycles. The van der Waals surface area contributed by atoms with Crippen molar-refractivity contribution in [2.24, 2.45) is 5.73 Å². The van der Waals surface area contributed by atoms with Crippen molar-refractivity contribution in [1.29, 1.82) is 0 Å². The van der Waals surface area contributed by atoms with Crippen LogP contribution in [0.5, 0.6) is 0 Å². The van der Waals surface area contributed by atoms with Crippen LogP contribution in [-0.2, 0) is 19.1 Å². The van der Waals surface area contributed by atoms with Gasteiger partial charge in [0.1, 0.15) is 12.1 Å². The van der Waals surface area contributed by atoms with Crippen LogP contribution in [0.3, 0.4) is 0 Å². The van der Waals surface area contributed by atoms with Crippen LogP contribution in [0.25, 0.3) is 0 Å². The summed E-state index contributed by atoms with van der Waals surface area (Å²) in [6.45, 7) is 0.336. The average molecular weight is 301 g/mol. The van der Waals surface area contributed by atoms with Gasteiger partial charge in [-0.1, -0.05) is 0 Å². The molecule has 9 heteroatoms. The van der Waals surface area contributed by atoms with Crippen LogP contribution < -0.4 is 11.1 Å². The number of carbonyl (C=O) groups excluding carboxylic acids is 3. The molecule has 0 aliphatic carbocycles. The monoisotopic (exact) mass is 301 g/mol. The van der Waals surface area contributed by atoms with Crippen molar-refractivity contribution in [3.05, 3.63) is 0 Å². The molecule has 4 N–H and O–H groups in total. The number of nitrogens with one attached hydrogen (secondary N) is 1. The lowest BCUT2D eigenvalue weighted by Crippen LogP contribution is -2.52. The van der Waals surface area contributed by atoms with Crippen LogP contribution >= 0.6 is 0 Å². The molecule has 0 radical (unpaired) electrons. The van der Waals surface area contributed by atoms with E-state index in [0.29, 0.717) is 19.4 Å². The summed E-state index contributed by atoms with van der Waals surface area (Å²) in [7, 11) is 1.19. The summed E-state index contributed by atoms with van der Waals surface area (Å²) < 4.78 is 4.42. The van der Waals surface area contributed by atoms with E-state index in [-0.39, 0.29) is 12.8 Å². The van der Waals surface area contributed by atoms with Crippen LogP contribution in [0.1, 0.15) is 25.7 Å². The zero-order valence-electron chi connectivity index (χ0n) is 11.7. The number of nitrogens with zero attached hydrogens (tertiary/aromatic N) is 1. The molecule has 1 unspecified atom stereocenters. The Balaban J connectivity index is 2.62. The van der Waals surface area contributed by atoms with Gasteiger partial charge < -0.3 is 25.8 Å². The van der Waals surface area contributed by atoms with Gasteiger partial charge in [-0.15, -0.1) is 0 Å². The highest BCUT2D eigenvalue weighted by Gasteiger charge is 2.34. The minimum Gasteiger partial charge on any atom is -0.480 e. The summed E-state index contributed by atoms with van der Waals surface area (Å²) in [5.41, 5.74) is 5.19. The van der Waals surface area contributed by atoms with E-state index in [2.05, 4.69) is 10.1 Å². The topological polar surface area (TPSA) is 139 Å². The summed E-state index contributed by atoms with van der Waals surface area (Å²) >= 11 is 0. The number of hydrogen-bond acceptors (Lipinski definition) is 5. The number of carboxylic acid groups (broad SMARTS) is 1. The molecule has 1 fully saturated rings. The summed E-state index contributed by atoms with van der Waals surface area (Å²) in [5, 5.41) is 11.3. The van der Waals surface area contributed by atoms with Gasteiger partial charge in [-0.05, 0) is 19.3 Å². The number of carboxylic acids is 1. The fourth-order valence-electron chi connectivity index (χ4n) is 2.16. The quantitative estimate of drug-likeness (QED) is 0.541. The van der Waals surface area contributed by atoms with E-state index >= 15 is 0 Å². The van der Waals surface area contributed by atoms with Crippen molar-refractivity contribution >= 4 is 23.9 Å². The van der Waals surface area contributed by atoms with Crippen LogP contribution in [0.15, 0.2) is 0 Å². The predicted molar refractivity (Wildman–Crippen MR) is 70.1 cm³/mol. The second kappa shape index (κ2) is 7.46. The lowest BCUT2D eigenvalue weighted by atomic mass is 10.1. The number of methoxy groups -OCH3 is 1. The number of esters is 1. The maximum absolute atomic E-state index is 12.0. The normalized spacial score (nSPS) is 18.9. The van der Waals surface area contributed by atoms with E-state index in [1.165, 1.54) is 12.0 Å². The molecule has 0 aromatic heterocycles. The number of nitrogens with two attached hydrogens (primary N) is 1. The fourth-order valence-corrected chi connectivity index (χ4v) is 2.16. The van der Waals surface area contributed by atoms with Gasteiger partial charge in [0.15, 0.2) is 0 Å². The molecule has 0 spiro atoms. The summed E-state index contributed by atoms with van der Waals surface area (Å²) in [5.74, 6) is -2.45. The molecule has 1 saturated heterocycles. The van der Waals surface area contributed by atoms with Crippen LogP contribution in [-0.4, -0.2) is 59.6 Å². The van der Waals surface area contributed by atoms with Gasteiger partial charge >= 0.3 is 18.0 Å². The van der Waals surface area contributed by atoms with E-state index in [4.69, 9.17) is 10.8 Å². The van der Waals surface area contributed by atoms with Crippen molar-refractivity contribution in [3.8, 4) is 0 Å². The van der Waals surface area contributed by atoms with E-state index < -0.39 is 36.0 Å². The van der Waals surface area contributed by atoms with Crippen LogP contribution in [0.4, 0.5) is 4.79 Å². The summed E-state index contributed by atoms with van der Waals surface area (Å²) in [6.07, 6.45) is 0.861. The number of rotatable bonds is 6. The van der Waals surface area contributed by atoms with Crippen molar-refractivity contribution in [2.45, 2.75) is 37.8 Å². The highest BCUT2D eigenvalue weighted by atomic mass is 16.5. The third kappa shape index (κ3) is 4.62. The Labute approximate surface area is 121 Å². The van der Waals surface area contributed by atoms with E-state index in [1.54, 1.807) is 0 Å². The van der Waals surface area contributed by atoms with Gasteiger partial charge in [0.25, 0.3) is 0 Å². The third-order valence-corrected chi connectivity index (χ3v) is 3.30. The number of hydrogen-bond donors (Lipinski definition) is 3. The highest BCUT2D eigenvalue weighted by molar-refractivity contribution is 5.88. The second-order valence-corrected chi connectivity index (χ2v) is 4.71. The van der Waals surface area contributed by atoms with Gasteiger partial charge in [0.05, 0.1) is 7.11 Å². The van der Waals surface area contributed by atoms with Crippen LogP contribution in [0, 0.1) is 0 Å². The lowest BCUT2D eigenvalue weighted by Gasteiger charge is -2.24. The van der Waals surface area contributed by atoms with Gasteiger partial charge in [-0.2, -0.15) is 0 Å². The Morgan fingerprint density at radius 2 is 2.10 bits per heavy atom. The first-order valence-electron chi connectivity index (χ1n) is 6.53. The molecule has 0 saturated carbocycles. The Morgan fingerprint density at radius 1 is 1.43 bits per heavy atom. The number of carbonyl (C=O) groups is 4. The number of primary amides is 1. The minimum atomic E-state index is -1.26. The maximum Gasteiger partial charge on any atom is 0.326 e. The first-order chi connectivity index (χ1) is 9.86. The number of likely N-dealkylation sites (tertiary alicyclic amines) is 1. The second-order valence-electron chi connectivity index (χ2n) is 4.71. The molecular weight excluding hydrogens is 282 g/mol. The summed E-state index contributed by atoms with van der Waals surface area (Å²) in [4.78, 5) is 46.6. The molecule has 21 heavy (non-hydrogen) atoms. The van der Waals surface area contributed by atoms with Crippen LogP contribution in [0.2, 0.25) is 0 Å². The summed E-state index contributed by atoms with van der Waals surface area (Å²) in [6, 6.07) is -2.63. The standard InChI is InChI=1S/C12H19N3O6/c1-21-9(16)5-4-7(11(18)19)14-12(20)15-6-2-3-8(15)10(13)17/h7-8H,2-6H2,1H3,(H2,13,17)(H,14,20)(H,18,19)/t7-,8?/m1/s1. The molecule has 0 aromatic rings. The molecule has 3 amide bonds. The first-order valence-corrected chi connectivity index (χ1v) is 6.53. The molecule has 1 heterocycles. The minimum absolute atomic E-state index is 0.0944. The molecule has 0 bridgehead atoms. The number of ether oxygens (including phenoxy) is 1. The van der Waals surface area contributed by atoms with Crippen molar-refractivity contribution < 1.29 is 29.0 Å².